The van der Waals surface area contributed by atoms with Gasteiger partial charge in [-0.2, -0.15) is 4.72 Å². The van der Waals surface area contributed by atoms with Crippen molar-refractivity contribution in [3.63, 3.8) is 0 Å². The van der Waals surface area contributed by atoms with Crippen LogP contribution >= 0.6 is 0 Å². The lowest BCUT2D eigenvalue weighted by Gasteiger charge is -2.18. The molecule has 138 valence electrons. The van der Waals surface area contributed by atoms with Crippen LogP contribution in [0.5, 0.6) is 5.75 Å². The molecule has 1 amide bonds. The molecule has 2 aromatic rings. The van der Waals surface area contributed by atoms with Gasteiger partial charge in [-0.15, -0.1) is 0 Å². The number of nitrogens with zero attached hydrogens (tertiary/aromatic N) is 1. The van der Waals surface area contributed by atoms with Crippen LogP contribution < -0.4 is 14.4 Å². The molecule has 1 saturated heterocycles. The number of ether oxygens (including phenoxy) is 1. The summed E-state index contributed by atoms with van der Waals surface area (Å²) in [7, 11) is -2.34. The number of aryl methyl sites for hydroxylation is 1. The number of carbonyl (C=O) groups excluding carboxylic acids is 1. The quantitative estimate of drug-likeness (QED) is 0.866. The Kier molecular flexibility index (Phi) is 4.97. The third-order valence-electron chi connectivity index (χ3n) is 4.33. The molecule has 1 N–H and O–H groups in total. The molecule has 0 aromatic heterocycles. The highest BCUT2D eigenvalue weighted by atomic mass is 32.2. The first kappa shape index (κ1) is 18.3. The number of benzene rings is 2. The van der Waals surface area contributed by atoms with Crippen LogP contribution in [0.25, 0.3) is 0 Å². The van der Waals surface area contributed by atoms with E-state index in [1.54, 1.807) is 25.1 Å². The third kappa shape index (κ3) is 3.56. The molecule has 1 heterocycles. The fourth-order valence-corrected chi connectivity index (χ4v) is 4.08. The van der Waals surface area contributed by atoms with Gasteiger partial charge in [0.05, 0.1) is 12.0 Å². The van der Waals surface area contributed by atoms with Gasteiger partial charge in [-0.3, -0.25) is 4.79 Å². The van der Waals surface area contributed by atoms with E-state index >= 15 is 0 Å². The number of sulfonamides is 1. The van der Waals surface area contributed by atoms with Gasteiger partial charge >= 0.3 is 0 Å². The summed E-state index contributed by atoms with van der Waals surface area (Å²) in [6.45, 7) is 1.98. The minimum atomic E-state index is -3.84. The van der Waals surface area contributed by atoms with Crippen molar-refractivity contribution in [1.82, 2.24) is 4.72 Å². The maximum absolute atomic E-state index is 13.4. The highest BCUT2D eigenvalue weighted by Gasteiger charge is 2.35. The fraction of sp³-hybridized carbons (Fsp3) is 0.278. The molecule has 0 radical (unpaired) electrons. The van der Waals surface area contributed by atoms with Crippen molar-refractivity contribution in [3.8, 4) is 5.75 Å². The Morgan fingerprint density at radius 2 is 1.88 bits per heavy atom. The van der Waals surface area contributed by atoms with Crippen molar-refractivity contribution in [2.75, 3.05) is 18.6 Å². The number of anilines is 1. The average Bonchev–Trinajstić information content (AvgIpc) is 2.97. The summed E-state index contributed by atoms with van der Waals surface area (Å²) in [5.41, 5.74) is 0.984. The summed E-state index contributed by atoms with van der Waals surface area (Å²) in [4.78, 5) is 14.1. The third-order valence-corrected chi connectivity index (χ3v) is 5.81. The Labute approximate surface area is 151 Å². The van der Waals surface area contributed by atoms with Crippen LogP contribution in [0.15, 0.2) is 47.4 Å². The zero-order chi connectivity index (χ0) is 18.9. The maximum Gasteiger partial charge on any atom is 0.245 e. The predicted octanol–water partition coefficient (Wildman–Crippen LogP) is 2.23. The Bertz CT molecular complexity index is 929. The van der Waals surface area contributed by atoms with E-state index in [1.165, 1.54) is 36.3 Å². The van der Waals surface area contributed by atoms with Gasteiger partial charge in [0.25, 0.3) is 0 Å². The van der Waals surface area contributed by atoms with E-state index in [9.17, 15) is 17.6 Å². The normalized spacial score (nSPS) is 17.6. The minimum absolute atomic E-state index is 0.0576. The van der Waals surface area contributed by atoms with Gasteiger partial charge in [0.2, 0.25) is 15.9 Å². The molecule has 0 aliphatic carbocycles. The van der Waals surface area contributed by atoms with E-state index in [4.69, 9.17) is 4.74 Å². The molecule has 0 saturated carbocycles. The molecule has 26 heavy (non-hydrogen) atoms. The summed E-state index contributed by atoms with van der Waals surface area (Å²) in [5, 5.41) is 0. The van der Waals surface area contributed by atoms with Gasteiger partial charge in [-0.25, -0.2) is 12.8 Å². The van der Waals surface area contributed by atoms with Gasteiger partial charge in [0.1, 0.15) is 17.6 Å². The fourth-order valence-electron chi connectivity index (χ4n) is 2.85. The van der Waals surface area contributed by atoms with Gasteiger partial charge in [0, 0.05) is 12.2 Å². The summed E-state index contributed by atoms with van der Waals surface area (Å²) in [6, 6.07) is 9.45. The maximum atomic E-state index is 13.4. The van der Waals surface area contributed by atoms with Gasteiger partial charge in [0.15, 0.2) is 0 Å². The second-order valence-electron chi connectivity index (χ2n) is 6.06. The Morgan fingerprint density at radius 3 is 2.50 bits per heavy atom. The smallest absolute Gasteiger partial charge is 0.245 e. The van der Waals surface area contributed by atoms with Crippen molar-refractivity contribution >= 4 is 21.6 Å². The number of rotatable bonds is 5. The number of halogens is 1. The van der Waals surface area contributed by atoms with E-state index in [-0.39, 0.29) is 16.6 Å². The first-order chi connectivity index (χ1) is 12.3. The number of hydrogen-bond donors (Lipinski definition) is 1. The van der Waals surface area contributed by atoms with Crippen LogP contribution in [0, 0.1) is 12.7 Å². The molecule has 0 spiro atoms. The van der Waals surface area contributed by atoms with Gasteiger partial charge in [-0.1, -0.05) is 0 Å². The van der Waals surface area contributed by atoms with E-state index in [2.05, 4.69) is 4.72 Å². The van der Waals surface area contributed by atoms with E-state index in [0.29, 0.717) is 30.0 Å². The largest absolute Gasteiger partial charge is 0.497 e. The molecule has 3 rings (SSSR count). The lowest BCUT2D eigenvalue weighted by Crippen LogP contribution is -2.41. The van der Waals surface area contributed by atoms with Crippen LogP contribution in [0.2, 0.25) is 0 Å². The average molecular weight is 378 g/mol. The van der Waals surface area contributed by atoms with Crippen LogP contribution in [-0.4, -0.2) is 34.0 Å². The zero-order valence-corrected chi connectivity index (χ0v) is 15.2. The molecule has 8 heteroatoms. The number of nitrogens with one attached hydrogen (secondary N) is 1. The van der Waals surface area contributed by atoms with Crippen molar-refractivity contribution in [2.24, 2.45) is 0 Å². The molecule has 2 aromatic carbocycles. The van der Waals surface area contributed by atoms with Crippen LogP contribution in [0.4, 0.5) is 10.1 Å². The minimum Gasteiger partial charge on any atom is -0.497 e. The Hall–Kier alpha value is -2.45. The number of amides is 1. The molecular formula is C18H19FN2O4S. The van der Waals surface area contributed by atoms with E-state index < -0.39 is 16.1 Å². The van der Waals surface area contributed by atoms with Crippen molar-refractivity contribution < 1.29 is 22.3 Å². The molecule has 6 nitrogen and oxygen atoms in total. The Morgan fingerprint density at radius 1 is 1.19 bits per heavy atom. The van der Waals surface area contributed by atoms with Crippen molar-refractivity contribution in [1.29, 1.82) is 0 Å². The highest BCUT2D eigenvalue weighted by molar-refractivity contribution is 7.89. The SMILES string of the molecule is COc1ccc(S(=O)(=O)NC2CCN(c3ccc(F)c(C)c3)C2=O)cc1. The molecule has 1 aliphatic heterocycles. The molecule has 0 bridgehead atoms. The Balaban J connectivity index is 1.76. The molecule has 1 unspecified atom stereocenters. The zero-order valence-electron chi connectivity index (χ0n) is 14.4. The first-order valence-electron chi connectivity index (χ1n) is 8.06. The number of methoxy groups -OCH3 is 1. The molecule has 1 fully saturated rings. The lowest BCUT2D eigenvalue weighted by atomic mass is 10.2. The van der Waals surface area contributed by atoms with Gasteiger partial charge in [-0.05, 0) is 61.4 Å². The summed E-state index contributed by atoms with van der Waals surface area (Å²) < 4.78 is 45.9. The van der Waals surface area contributed by atoms with E-state index in [1.807, 2.05) is 0 Å². The highest BCUT2D eigenvalue weighted by Crippen LogP contribution is 2.25. The first-order valence-corrected chi connectivity index (χ1v) is 9.54. The topological polar surface area (TPSA) is 75.7 Å². The summed E-state index contributed by atoms with van der Waals surface area (Å²) in [5.74, 6) is -0.163. The van der Waals surface area contributed by atoms with Crippen molar-refractivity contribution in [2.45, 2.75) is 24.3 Å². The van der Waals surface area contributed by atoms with Crippen LogP contribution in [0.3, 0.4) is 0 Å². The number of hydrogen-bond acceptors (Lipinski definition) is 4. The summed E-state index contributed by atoms with van der Waals surface area (Å²) >= 11 is 0. The second-order valence-corrected chi connectivity index (χ2v) is 7.78. The molecular weight excluding hydrogens is 359 g/mol. The predicted molar refractivity (Wildman–Crippen MR) is 95.2 cm³/mol. The van der Waals surface area contributed by atoms with Gasteiger partial charge < -0.3 is 9.64 Å². The second kappa shape index (κ2) is 7.05. The van der Waals surface area contributed by atoms with E-state index in [0.717, 1.165) is 0 Å². The monoisotopic (exact) mass is 378 g/mol. The lowest BCUT2D eigenvalue weighted by molar-refractivity contribution is -0.118. The van der Waals surface area contributed by atoms with Crippen LogP contribution in [0.1, 0.15) is 12.0 Å². The standard InChI is InChI=1S/C18H19FN2O4S/c1-12-11-13(3-8-16(12)19)21-10-9-17(18(21)22)20-26(23,24)15-6-4-14(25-2)5-7-15/h3-8,11,17,20H,9-10H2,1-2H3. The summed E-state index contributed by atoms with van der Waals surface area (Å²) in [6.07, 6.45) is 0.338. The number of carbonyl (C=O) groups is 1. The molecule has 1 aliphatic rings. The van der Waals surface area contributed by atoms with Crippen LogP contribution in [-0.2, 0) is 14.8 Å². The van der Waals surface area contributed by atoms with Crippen molar-refractivity contribution in [3.05, 3.63) is 53.8 Å². The molecule has 1 atom stereocenters.